The topological polar surface area (TPSA) is 58.6 Å². The van der Waals surface area contributed by atoms with Gasteiger partial charge in [0.05, 0.1) is 6.61 Å². The van der Waals surface area contributed by atoms with Gasteiger partial charge >= 0.3 is 6.03 Å². The van der Waals surface area contributed by atoms with Crippen molar-refractivity contribution in [3.05, 3.63) is 29.8 Å². The predicted octanol–water partition coefficient (Wildman–Crippen LogP) is 2.94. The molecule has 1 heterocycles. The monoisotopic (exact) mass is 318 g/mol. The minimum Gasteiger partial charge on any atom is -0.493 e. The number of benzene rings is 1. The Morgan fingerprint density at radius 3 is 2.57 bits per heavy atom. The fourth-order valence-corrected chi connectivity index (χ4v) is 2.86. The zero-order valence-electron chi connectivity index (χ0n) is 14.2. The van der Waals surface area contributed by atoms with Crippen LogP contribution in [-0.2, 0) is 10.2 Å². The maximum Gasteiger partial charge on any atom is 0.323 e. The van der Waals surface area contributed by atoms with Gasteiger partial charge in [-0.15, -0.1) is 0 Å². The molecular formula is C18H26N2O3. The number of nitrogens with one attached hydrogen (secondary N) is 1. The Kier molecular flexibility index (Phi) is 5.64. The first kappa shape index (κ1) is 17.3. The second-order valence-electron chi connectivity index (χ2n) is 7.05. The Bertz CT molecular complexity index is 543. The highest BCUT2D eigenvalue weighted by Gasteiger charge is 2.24. The van der Waals surface area contributed by atoms with E-state index in [0.717, 1.165) is 18.6 Å². The van der Waals surface area contributed by atoms with E-state index in [1.54, 1.807) is 4.90 Å². The number of hydrogen-bond donors (Lipinski definition) is 1. The smallest absolute Gasteiger partial charge is 0.323 e. The van der Waals surface area contributed by atoms with E-state index in [-0.39, 0.29) is 11.4 Å². The van der Waals surface area contributed by atoms with Crippen molar-refractivity contribution in [2.75, 3.05) is 19.7 Å². The summed E-state index contributed by atoms with van der Waals surface area (Å²) in [6, 6.07) is 7.86. The summed E-state index contributed by atoms with van der Waals surface area (Å²) in [5.41, 5.74) is 1.26. The molecule has 0 aromatic heterocycles. The van der Waals surface area contributed by atoms with Gasteiger partial charge in [0, 0.05) is 13.1 Å². The highest BCUT2D eigenvalue weighted by molar-refractivity contribution is 5.84. The van der Waals surface area contributed by atoms with Gasteiger partial charge in [-0.3, -0.25) is 10.1 Å². The third-order valence-electron chi connectivity index (χ3n) is 4.25. The Labute approximate surface area is 138 Å². The molecule has 1 aliphatic rings. The number of hydrogen-bond acceptors (Lipinski definition) is 3. The molecular weight excluding hydrogens is 292 g/mol. The fourth-order valence-electron chi connectivity index (χ4n) is 2.86. The summed E-state index contributed by atoms with van der Waals surface area (Å²) in [7, 11) is 0. The van der Waals surface area contributed by atoms with Crippen molar-refractivity contribution in [1.29, 1.82) is 0 Å². The summed E-state index contributed by atoms with van der Waals surface area (Å²) in [5.74, 6) is 1.38. The quantitative estimate of drug-likeness (QED) is 0.868. The molecule has 3 amide bonds. The first-order chi connectivity index (χ1) is 10.9. The van der Waals surface area contributed by atoms with E-state index in [4.69, 9.17) is 4.74 Å². The largest absolute Gasteiger partial charge is 0.493 e. The number of piperidine rings is 1. The molecule has 1 N–H and O–H groups in total. The number of likely N-dealkylation sites (tertiary alicyclic amines) is 1. The molecule has 1 aliphatic heterocycles. The second kappa shape index (κ2) is 7.49. The van der Waals surface area contributed by atoms with Gasteiger partial charge in [0.1, 0.15) is 5.75 Å². The highest BCUT2D eigenvalue weighted by atomic mass is 16.5. The molecule has 2 rings (SSSR count). The summed E-state index contributed by atoms with van der Waals surface area (Å²) in [6.45, 7) is 8.53. The van der Waals surface area contributed by atoms with E-state index in [9.17, 15) is 9.59 Å². The number of ether oxygens (including phenoxy) is 1. The molecule has 0 spiro atoms. The van der Waals surface area contributed by atoms with Crippen LogP contribution in [0.5, 0.6) is 5.75 Å². The van der Waals surface area contributed by atoms with E-state index in [1.165, 1.54) is 5.56 Å². The lowest BCUT2D eigenvalue weighted by Crippen LogP contribution is -2.44. The fraction of sp³-hybridized carbons (Fsp3) is 0.556. The third-order valence-corrected chi connectivity index (χ3v) is 4.25. The van der Waals surface area contributed by atoms with Gasteiger partial charge < -0.3 is 9.64 Å². The molecule has 0 saturated carbocycles. The number of amides is 3. The molecule has 0 atom stereocenters. The van der Waals surface area contributed by atoms with Crippen molar-refractivity contribution in [3.8, 4) is 5.75 Å². The minimum atomic E-state index is -0.308. The molecule has 1 saturated heterocycles. The molecule has 1 aromatic carbocycles. The Balaban J connectivity index is 1.87. The van der Waals surface area contributed by atoms with Crippen LogP contribution in [0.25, 0.3) is 0 Å². The van der Waals surface area contributed by atoms with Crippen LogP contribution in [0.4, 0.5) is 4.79 Å². The standard InChI is InChI=1S/C18H26N2O3/c1-18(2,3)15-6-4-5-7-16(15)23-12-14-8-10-20(11-9-14)17(22)19-13-21/h4-7,13-14H,8-12H2,1-3H3,(H,19,21,22). The maximum absolute atomic E-state index is 11.6. The van der Waals surface area contributed by atoms with Crippen LogP contribution in [0.3, 0.4) is 0 Å². The molecule has 0 bridgehead atoms. The molecule has 1 fully saturated rings. The summed E-state index contributed by atoms with van der Waals surface area (Å²) in [5, 5.41) is 2.19. The first-order valence-electron chi connectivity index (χ1n) is 8.13. The van der Waals surface area contributed by atoms with E-state index in [1.807, 2.05) is 18.2 Å². The van der Waals surface area contributed by atoms with Crippen LogP contribution in [0.1, 0.15) is 39.2 Å². The number of para-hydroxylation sites is 1. The summed E-state index contributed by atoms with van der Waals surface area (Å²) in [6.07, 6.45) is 2.22. The van der Waals surface area contributed by atoms with Crippen LogP contribution >= 0.6 is 0 Å². The third kappa shape index (κ3) is 4.71. The minimum absolute atomic E-state index is 0.0485. The summed E-state index contributed by atoms with van der Waals surface area (Å²) in [4.78, 5) is 23.6. The van der Waals surface area contributed by atoms with Gasteiger partial charge in [-0.05, 0) is 35.8 Å². The second-order valence-corrected chi connectivity index (χ2v) is 7.05. The van der Waals surface area contributed by atoms with Crippen LogP contribution in [0.2, 0.25) is 0 Å². The Morgan fingerprint density at radius 1 is 1.30 bits per heavy atom. The van der Waals surface area contributed by atoms with Gasteiger partial charge in [-0.2, -0.15) is 0 Å². The van der Waals surface area contributed by atoms with Gasteiger partial charge in [0.2, 0.25) is 6.41 Å². The lowest BCUT2D eigenvalue weighted by molar-refractivity contribution is -0.108. The van der Waals surface area contributed by atoms with Crippen LogP contribution in [0.15, 0.2) is 24.3 Å². The number of imide groups is 1. The SMILES string of the molecule is CC(C)(C)c1ccccc1OCC1CCN(C(=O)NC=O)CC1. The number of carbonyl (C=O) groups excluding carboxylic acids is 2. The lowest BCUT2D eigenvalue weighted by Gasteiger charge is -2.31. The van der Waals surface area contributed by atoms with Crippen molar-refractivity contribution < 1.29 is 14.3 Å². The average Bonchev–Trinajstić information content (AvgIpc) is 2.53. The molecule has 0 aliphatic carbocycles. The number of carbonyl (C=O) groups is 2. The van der Waals surface area contributed by atoms with Crippen molar-refractivity contribution in [2.24, 2.45) is 5.92 Å². The predicted molar refractivity (Wildman–Crippen MR) is 89.5 cm³/mol. The van der Waals surface area contributed by atoms with Gasteiger partial charge in [-0.25, -0.2) is 4.79 Å². The van der Waals surface area contributed by atoms with Crippen LogP contribution < -0.4 is 10.1 Å². The van der Waals surface area contributed by atoms with Crippen molar-refractivity contribution in [3.63, 3.8) is 0 Å². The maximum atomic E-state index is 11.6. The summed E-state index contributed by atoms with van der Waals surface area (Å²) >= 11 is 0. The van der Waals surface area contributed by atoms with E-state index in [2.05, 4.69) is 32.2 Å². The molecule has 5 nitrogen and oxygen atoms in total. The molecule has 1 aromatic rings. The summed E-state index contributed by atoms with van der Waals surface area (Å²) < 4.78 is 6.07. The van der Waals surface area contributed by atoms with Crippen molar-refractivity contribution >= 4 is 12.4 Å². The average molecular weight is 318 g/mol. The first-order valence-corrected chi connectivity index (χ1v) is 8.13. The Hall–Kier alpha value is -2.04. The van der Waals surface area contributed by atoms with Gasteiger partial charge in [0.15, 0.2) is 0 Å². The van der Waals surface area contributed by atoms with E-state index < -0.39 is 0 Å². The van der Waals surface area contributed by atoms with Crippen LogP contribution in [0, 0.1) is 5.92 Å². The zero-order valence-corrected chi connectivity index (χ0v) is 14.2. The van der Waals surface area contributed by atoms with E-state index >= 15 is 0 Å². The van der Waals surface area contributed by atoms with Crippen molar-refractivity contribution in [2.45, 2.75) is 39.0 Å². The molecule has 5 heteroatoms. The Morgan fingerprint density at radius 2 is 1.96 bits per heavy atom. The van der Waals surface area contributed by atoms with Gasteiger partial charge in [0.25, 0.3) is 0 Å². The van der Waals surface area contributed by atoms with Crippen molar-refractivity contribution in [1.82, 2.24) is 10.2 Å². The molecule has 0 radical (unpaired) electrons. The number of urea groups is 1. The zero-order chi connectivity index (χ0) is 16.9. The number of rotatable bonds is 4. The number of nitrogens with zero attached hydrogens (tertiary/aromatic N) is 1. The van der Waals surface area contributed by atoms with Gasteiger partial charge in [-0.1, -0.05) is 39.0 Å². The van der Waals surface area contributed by atoms with E-state index in [0.29, 0.717) is 32.0 Å². The highest BCUT2D eigenvalue weighted by Crippen LogP contribution is 2.31. The van der Waals surface area contributed by atoms with Crippen LogP contribution in [-0.4, -0.2) is 37.0 Å². The molecule has 23 heavy (non-hydrogen) atoms. The lowest BCUT2D eigenvalue weighted by atomic mass is 9.86. The normalized spacial score (nSPS) is 16.0. The molecule has 0 unspecified atom stereocenters. The molecule has 126 valence electrons.